The zero-order chi connectivity index (χ0) is 17.4. The Morgan fingerprint density at radius 3 is 2.29 bits per heavy atom. The van der Waals surface area contributed by atoms with Crippen LogP contribution in [0.25, 0.3) is 0 Å². The van der Waals surface area contributed by atoms with Gasteiger partial charge in [0, 0.05) is 25.1 Å². The highest BCUT2D eigenvalue weighted by atomic mass is 16.5. The van der Waals surface area contributed by atoms with Crippen LogP contribution in [0.4, 0.5) is 0 Å². The number of amides is 1. The van der Waals surface area contributed by atoms with Gasteiger partial charge >= 0.3 is 0 Å². The summed E-state index contributed by atoms with van der Waals surface area (Å²) in [5, 5.41) is 2.88. The van der Waals surface area contributed by atoms with Crippen molar-refractivity contribution in [1.82, 2.24) is 5.32 Å². The second kappa shape index (κ2) is 8.93. The molecular formula is C19H24N2O3. The first-order chi connectivity index (χ1) is 11.6. The Labute approximate surface area is 142 Å². The first-order valence-electron chi connectivity index (χ1n) is 7.91. The third-order valence-electron chi connectivity index (χ3n) is 3.80. The number of benzene rings is 2. The van der Waals surface area contributed by atoms with E-state index in [1.165, 1.54) is 0 Å². The molecule has 0 aliphatic carbocycles. The maximum atomic E-state index is 12.0. The number of methoxy groups -OCH3 is 2. The van der Waals surface area contributed by atoms with E-state index in [-0.39, 0.29) is 11.9 Å². The summed E-state index contributed by atoms with van der Waals surface area (Å²) in [4.78, 5) is 12.0. The highest BCUT2D eigenvalue weighted by Gasteiger charge is 2.09. The lowest BCUT2D eigenvalue weighted by atomic mass is 10.1. The molecule has 1 atom stereocenters. The number of hydrogen-bond donors (Lipinski definition) is 2. The van der Waals surface area contributed by atoms with Gasteiger partial charge in [0.15, 0.2) is 0 Å². The Hall–Kier alpha value is -2.53. The zero-order valence-corrected chi connectivity index (χ0v) is 14.1. The number of carbonyl (C=O) groups excluding carboxylic acids is 1. The second-order valence-corrected chi connectivity index (χ2v) is 5.54. The van der Waals surface area contributed by atoms with Crippen LogP contribution in [0.1, 0.15) is 23.6 Å². The molecule has 2 aromatic rings. The van der Waals surface area contributed by atoms with Crippen molar-refractivity contribution in [2.75, 3.05) is 20.8 Å². The van der Waals surface area contributed by atoms with E-state index in [9.17, 15) is 4.79 Å². The summed E-state index contributed by atoms with van der Waals surface area (Å²) in [7, 11) is 3.21. The number of ether oxygens (including phenoxy) is 2. The summed E-state index contributed by atoms with van der Waals surface area (Å²) in [6, 6.07) is 15.2. The molecule has 0 aliphatic rings. The fraction of sp³-hybridized carbons (Fsp3) is 0.316. The molecule has 0 spiro atoms. The van der Waals surface area contributed by atoms with Gasteiger partial charge in [-0.05, 0) is 29.7 Å². The molecular weight excluding hydrogens is 304 g/mol. The molecule has 1 amide bonds. The lowest BCUT2D eigenvalue weighted by Gasteiger charge is -2.13. The van der Waals surface area contributed by atoms with Crippen molar-refractivity contribution in [2.45, 2.75) is 18.9 Å². The minimum absolute atomic E-state index is 0.0248. The molecule has 128 valence electrons. The molecule has 0 saturated carbocycles. The van der Waals surface area contributed by atoms with Crippen LogP contribution in [0.2, 0.25) is 0 Å². The molecule has 0 heterocycles. The van der Waals surface area contributed by atoms with E-state index in [4.69, 9.17) is 15.2 Å². The molecule has 1 unspecified atom stereocenters. The van der Waals surface area contributed by atoms with Crippen LogP contribution in [-0.4, -0.2) is 26.7 Å². The topological polar surface area (TPSA) is 73.6 Å². The molecule has 24 heavy (non-hydrogen) atoms. The Balaban J connectivity index is 1.83. The summed E-state index contributed by atoms with van der Waals surface area (Å²) in [5.74, 6) is 1.41. The third-order valence-corrected chi connectivity index (χ3v) is 3.80. The summed E-state index contributed by atoms with van der Waals surface area (Å²) in [5.41, 5.74) is 8.08. The second-order valence-electron chi connectivity index (χ2n) is 5.54. The van der Waals surface area contributed by atoms with Crippen molar-refractivity contribution in [1.29, 1.82) is 0 Å². The molecule has 0 saturated heterocycles. The fourth-order valence-corrected chi connectivity index (χ4v) is 2.40. The Kier molecular flexibility index (Phi) is 6.63. The van der Waals surface area contributed by atoms with Gasteiger partial charge in [0.25, 0.3) is 0 Å². The first kappa shape index (κ1) is 17.8. The van der Waals surface area contributed by atoms with E-state index in [2.05, 4.69) is 5.32 Å². The van der Waals surface area contributed by atoms with Crippen LogP contribution >= 0.6 is 0 Å². The summed E-state index contributed by atoms with van der Waals surface area (Å²) in [6.07, 6.45) is 0.998. The number of rotatable bonds is 8. The van der Waals surface area contributed by atoms with E-state index in [0.29, 0.717) is 19.4 Å². The fourth-order valence-electron chi connectivity index (χ4n) is 2.40. The van der Waals surface area contributed by atoms with E-state index >= 15 is 0 Å². The minimum atomic E-state index is -0.202. The van der Waals surface area contributed by atoms with E-state index in [0.717, 1.165) is 22.6 Å². The van der Waals surface area contributed by atoms with Gasteiger partial charge in [-0.2, -0.15) is 0 Å². The van der Waals surface area contributed by atoms with Gasteiger partial charge < -0.3 is 20.5 Å². The van der Waals surface area contributed by atoms with Crippen molar-refractivity contribution in [3.63, 3.8) is 0 Å². The molecule has 5 nitrogen and oxygen atoms in total. The van der Waals surface area contributed by atoms with Gasteiger partial charge in [0.05, 0.1) is 14.2 Å². The van der Waals surface area contributed by atoms with Gasteiger partial charge in [-0.15, -0.1) is 0 Å². The number of nitrogens with two attached hydrogens (primary N) is 1. The van der Waals surface area contributed by atoms with Gasteiger partial charge in [-0.1, -0.05) is 30.3 Å². The van der Waals surface area contributed by atoms with Gasteiger partial charge in [-0.25, -0.2) is 0 Å². The van der Waals surface area contributed by atoms with Crippen LogP contribution in [0.5, 0.6) is 11.5 Å². The van der Waals surface area contributed by atoms with Crippen molar-refractivity contribution in [2.24, 2.45) is 5.73 Å². The van der Waals surface area contributed by atoms with E-state index < -0.39 is 0 Å². The third kappa shape index (κ3) is 5.28. The molecule has 5 heteroatoms. The number of hydrogen-bond acceptors (Lipinski definition) is 4. The van der Waals surface area contributed by atoms with Crippen molar-refractivity contribution in [3.05, 3.63) is 59.7 Å². The average molecular weight is 328 g/mol. The van der Waals surface area contributed by atoms with Gasteiger partial charge in [0.2, 0.25) is 5.91 Å². The number of aryl methyl sites for hydroxylation is 1. The predicted molar refractivity (Wildman–Crippen MR) is 94.2 cm³/mol. The highest BCUT2D eigenvalue weighted by Crippen LogP contribution is 2.23. The average Bonchev–Trinajstić information content (AvgIpc) is 2.64. The minimum Gasteiger partial charge on any atom is -0.497 e. The summed E-state index contributed by atoms with van der Waals surface area (Å²) >= 11 is 0. The lowest BCUT2D eigenvalue weighted by molar-refractivity contribution is -0.121. The van der Waals surface area contributed by atoms with Crippen molar-refractivity contribution in [3.8, 4) is 11.5 Å². The van der Waals surface area contributed by atoms with Crippen LogP contribution in [0.3, 0.4) is 0 Å². The normalized spacial score (nSPS) is 11.6. The SMILES string of the molecule is COc1cc(CCC(=O)NCC(N)c2ccccc2)cc(OC)c1. The standard InChI is InChI=1S/C19H24N2O3/c1-23-16-10-14(11-17(12-16)24-2)8-9-19(22)21-13-18(20)15-6-4-3-5-7-15/h3-7,10-12,18H,8-9,13,20H2,1-2H3,(H,21,22). The molecule has 0 aromatic heterocycles. The zero-order valence-electron chi connectivity index (χ0n) is 14.1. The van der Waals surface area contributed by atoms with E-state index in [1.54, 1.807) is 14.2 Å². The maximum absolute atomic E-state index is 12.0. The van der Waals surface area contributed by atoms with Crippen molar-refractivity contribution < 1.29 is 14.3 Å². The predicted octanol–water partition coefficient (Wildman–Crippen LogP) is 2.45. The molecule has 0 radical (unpaired) electrons. The summed E-state index contributed by atoms with van der Waals surface area (Å²) < 4.78 is 10.5. The van der Waals surface area contributed by atoms with Crippen LogP contribution in [-0.2, 0) is 11.2 Å². The maximum Gasteiger partial charge on any atom is 0.220 e. The summed E-state index contributed by atoms with van der Waals surface area (Å²) in [6.45, 7) is 0.421. The molecule has 3 N–H and O–H groups in total. The number of carbonyl (C=O) groups is 1. The first-order valence-corrected chi connectivity index (χ1v) is 7.91. The Morgan fingerprint density at radius 1 is 1.08 bits per heavy atom. The molecule has 0 bridgehead atoms. The van der Waals surface area contributed by atoms with Gasteiger partial charge in [0.1, 0.15) is 11.5 Å². The molecule has 2 aromatic carbocycles. The van der Waals surface area contributed by atoms with E-state index in [1.807, 2.05) is 48.5 Å². The largest absolute Gasteiger partial charge is 0.497 e. The van der Waals surface area contributed by atoms with Crippen molar-refractivity contribution >= 4 is 5.91 Å². The smallest absolute Gasteiger partial charge is 0.220 e. The molecule has 2 rings (SSSR count). The molecule has 0 aliphatic heterocycles. The monoisotopic (exact) mass is 328 g/mol. The van der Waals surface area contributed by atoms with Crippen LogP contribution in [0.15, 0.2) is 48.5 Å². The Morgan fingerprint density at radius 2 is 1.71 bits per heavy atom. The number of nitrogens with one attached hydrogen (secondary N) is 1. The van der Waals surface area contributed by atoms with Crippen LogP contribution in [0, 0.1) is 0 Å². The quantitative estimate of drug-likeness (QED) is 0.781. The van der Waals surface area contributed by atoms with Crippen LogP contribution < -0.4 is 20.5 Å². The highest BCUT2D eigenvalue weighted by molar-refractivity contribution is 5.76. The molecule has 0 fully saturated rings. The Bertz CT molecular complexity index is 637. The lowest BCUT2D eigenvalue weighted by Crippen LogP contribution is -2.32. The van der Waals surface area contributed by atoms with Gasteiger partial charge in [-0.3, -0.25) is 4.79 Å².